The van der Waals surface area contributed by atoms with Gasteiger partial charge in [-0.25, -0.2) is 0 Å². The van der Waals surface area contributed by atoms with Crippen molar-refractivity contribution >= 4 is 22.3 Å². The van der Waals surface area contributed by atoms with Gasteiger partial charge in [0.2, 0.25) is 0 Å². The Morgan fingerprint density at radius 2 is 2.00 bits per heavy atom. The fraction of sp³-hybridized carbons (Fsp3) is 0.111. The Morgan fingerprint density at radius 3 is 2.64 bits per heavy atom. The number of nitrogens with zero attached hydrogens (tertiary/aromatic N) is 1. The van der Waals surface area contributed by atoms with E-state index >= 15 is 0 Å². The topological polar surface area (TPSA) is 46.6 Å². The molecular formula is C9H6NO3Si. The molecule has 0 N–H and O–H groups in total. The third-order valence-electron chi connectivity index (χ3n) is 2.19. The number of rotatable bonds is 1. The van der Waals surface area contributed by atoms with Gasteiger partial charge in [0.15, 0.2) is 0 Å². The number of fused-ring (bicyclic) bond motifs is 1. The summed E-state index contributed by atoms with van der Waals surface area (Å²) in [5, 5.41) is 0. The molecule has 0 spiro atoms. The predicted octanol–water partition coefficient (Wildman–Crippen LogP) is 0.375. The monoisotopic (exact) mass is 204 g/mol. The summed E-state index contributed by atoms with van der Waals surface area (Å²) in [5.41, 5.74) is 0.697. The fourth-order valence-corrected chi connectivity index (χ4v) is 1.63. The standard InChI is InChI=1S/C9H6NO3Si/c1-10-8(11)5-3-2-4-6(13-14)7(5)9(10)12/h2-4H,1H3. The molecule has 0 aliphatic carbocycles. The number of carbonyl (C=O) groups excluding carboxylic acids is 2. The molecule has 1 aromatic carbocycles. The lowest BCUT2D eigenvalue weighted by molar-refractivity contribution is 0.0692. The van der Waals surface area contributed by atoms with Crippen LogP contribution in [-0.4, -0.2) is 34.2 Å². The number of imide groups is 1. The highest BCUT2D eigenvalue weighted by Gasteiger charge is 2.35. The van der Waals surface area contributed by atoms with E-state index in [-0.39, 0.29) is 11.8 Å². The number of carbonyl (C=O) groups is 2. The normalized spacial score (nSPS) is 14.6. The van der Waals surface area contributed by atoms with Gasteiger partial charge in [-0.3, -0.25) is 14.5 Å². The van der Waals surface area contributed by atoms with E-state index in [0.29, 0.717) is 16.9 Å². The lowest BCUT2D eigenvalue weighted by Gasteiger charge is -2.04. The van der Waals surface area contributed by atoms with Crippen molar-refractivity contribution in [2.75, 3.05) is 7.05 Å². The molecule has 3 radical (unpaired) electrons. The molecule has 69 valence electrons. The van der Waals surface area contributed by atoms with Gasteiger partial charge in [-0.15, -0.1) is 0 Å². The summed E-state index contributed by atoms with van der Waals surface area (Å²) in [6.07, 6.45) is 0. The third-order valence-corrected chi connectivity index (χ3v) is 2.41. The zero-order valence-electron chi connectivity index (χ0n) is 7.40. The van der Waals surface area contributed by atoms with E-state index in [1.165, 1.54) is 7.05 Å². The summed E-state index contributed by atoms with van der Waals surface area (Å²) < 4.78 is 4.83. The van der Waals surface area contributed by atoms with Crippen molar-refractivity contribution in [3.8, 4) is 5.75 Å². The quantitative estimate of drug-likeness (QED) is 0.490. The number of hydrogen-bond acceptors (Lipinski definition) is 3. The summed E-state index contributed by atoms with van der Waals surface area (Å²) in [7, 11) is 4.29. The molecule has 0 aromatic heterocycles. The fourth-order valence-electron chi connectivity index (χ4n) is 1.46. The maximum absolute atomic E-state index is 11.6. The van der Waals surface area contributed by atoms with Crippen LogP contribution in [0.5, 0.6) is 5.75 Å². The van der Waals surface area contributed by atoms with Crippen LogP contribution in [0, 0.1) is 0 Å². The van der Waals surface area contributed by atoms with Gasteiger partial charge in [-0.05, 0) is 12.1 Å². The number of benzene rings is 1. The highest BCUT2D eigenvalue weighted by atomic mass is 28.2. The second kappa shape index (κ2) is 2.95. The average Bonchev–Trinajstić information content (AvgIpc) is 2.44. The first-order chi connectivity index (χ1) is 6.66. The molecule has 5 heteroatoms. The maximum atomic E-state index is 11.6. The van der Waals surface area contributed by atoms with Crippen LogP contribution in [0.2, 0.25) is 0 Å². The number of hydrogen-bond donors (Lipinski definition) is 0. The lowest BCUT2D eigenvalue weighted by atomic mass is 10.1. The molecule has 0 saturated carbocycles. The molecule has 0 atom stereocenters. The van der Waals surface area contributed by atoms with Crippen LogP contribution in [0.1, 0.15) is 20.7 Å². The van der Waals surface area contributed by atoms with E-state index in [9.17, 15) is 9.59 Å². The van der Waals surface area contributed by atoms with Crippen LogP contribution >= 0.6 is 0 Å². The van der Waals surface area contributed by atoms with Crippen molar-refractivity contribution in [2.24, 2.45) is 0 Å². The molecule has 0 bridgehead atoms. The van der Waals surface area contributed by atoms with Crippen LogP contribution in [0.25, 0.3) is 0 Å². The van der Waals surface area contributed by atoms with E-state index in [0.717, 1.165) is 4.90 Å². The van der Waals surface area contributed by atoms with Gasteiger partial charge in [-0.1, -0.05) is 6.07 Å². The van der Waals surface area contributed by atoms with E-state index in [1.807, 2.05) is 0 Å². The minimum atomic E-state index is -0.334. The summed E-state index contributed by atoms with van der Waals surface area (Å²) >= 11 is 0. The minimum Gasteiger partial charge on any atom is -0.540 e. The van der Waals surface area contributed by atoms with Gasteiger partial charge in [0.05, 0.1) is 11.1 Å². The van der Waals surface area contributed by atoms with Crippen molar-refractivity contribution in [3.05, 3.63) is 29.3 Å². The maximum Gasteiger partial charge on any atom is 0.341 e. The van der Waals surface area contributed by atoms with Crippen molar-refractivity contribution in [2.45, 2.75) is 0 Å². The van der Waals surface area contributed by atoms with Crippen LogP contribution in [0.4, 0.5) is 0 Å². The van der Waals surface area contributed by atoms with Gasteiger partial charge in [-0.2, -0.15) is 0 Å². The summed E-state index contributed by atoms with van der Waals surface area (Å²) in [4.78, 5) is 24.2. The zero-order valence-corrected chi connectivity index (χ0v) is 8.40. The second-order valence-electron chi connectivity index (χ2n) is 2.95. The molecule has 0 fully saturated rings. The Morgan fingerprint density at radius 1 is 1.29 bits per heavy atom. The molecular weight excluding hydrogens is 198 g/mol. The molecule has 0 unspecified atom stereocenters. The van der Waals surface area contributed by atoms with Gasteiger partial charge in [0, 0.05) is 7.05 Å². The van der Waals surface area contributed by atoms with E-state index in [1.54, 1.807) is 18.2 Å². The van der Waals surface area contributed by atoms with E-state index < -0.39 is 0 Å². The van der Waals surface area contributed by atoms with Crippen molar-refractivity contribution in [1.82, 2.24) is 4.90 Å². The SMILES string of the molecule is CN1C(=O)c2cccc(O[Si])c2C1=O. The van der Waals surface area contributed by atoms with Crippen LogP contribution in [-0.2, 0) is 0 Å². The first kappa shape index (κ1) is 8.95. The van der Waals surface area contributed by atoms with E-state index in [4.69, 9.17) is 4.43 Å². The Kier molecular flexibility index (Phi) is 1.89. The molecule has 0 saturated heterocycles. The van der Waals surface area contributed by atoms with Gasteiger partial charge >= 0.3 is 10.5 Å². The van der Waals surface area contributed by atoms with Gasteiger partial charge in [0.1, 0.15) is 5.75 Å². The minimum absolute atomic E-state index is 0.296. The van der Waals surface area contributed by atoms with Crippen molar-refractivity contribution in [3.63, 3.8) is 0 Å². The first-order valence-electron chi connectivity index (χ1n) is 3.95. The third kappa shape index (κ3) is 0.989. The lowest BCUT2D eigenvalue weighted by Crippen LogP contribution is -2.24. The predicted molar refractivity (Wildman–Crippen MR) is 49.2 cm³/mol. The Balaban J connectivity index is 2.69. The van der Waals surface area contributed by atoms with Gasteiger partial charge < -0.3 is 4.43 Å². The first-order valence-corrected chi connectivity index (χ1v) is 4.36. The highest BCUT2D eigenvalue weighted by Crippen LogP contribution is 2.29. The molecule has 1 aromatic rings. The van der Waals surface area contributed by atoms with Crippen LogP contribution < -0.4 is 4.43 Å². The number of amides is 2. The van der Waals surface area contributed by atoms with Crippen molar-refractivity contribution < 1.29 is 14.0 Å². The second-order valence-corrected chi connectivity index (χ2v) is 3.15. The summed E-state index contributed by atoms with van der Waals surface area (Å²) in [6, 6.07) is 4.89. The largest absolute Gasteiger partial charge is 0.540 e. The molecule has 1 heterocycles. The van der Waals surface area contributed by atoms with Crippen molar-refractivity contribution in [1.29, 1.82) is 0 Å². The molecule has 14 heavy (non-hydrogen) atoms. The molecule has 4 nitrogen and oxygen atoms in total. The molecule has 1 aliphatic heterocycles. The zero-order chi connectivity index (χ0) is 10.3. The summed E-state index contributed by atoms with van der Waals surface area (Å²) in [6.45, 7) is 0. The molecule has 2 amide bonds. The molecule has 1 aliphatic rings. The van der Waals surface area contributed by atoms with Crippen LogP contribution in [0.3, 0.4) is 0 Å². The molecule has 2 rings (SSSR count). The Bertz CT molecular complexity index is 430. The smallest absolute Gasteiger partial charge is 0.341 e. The highest BCUT2D eigenvalue weighted by molar-refractivity contribution is 6.22. The summed E-state index contributed by atoms with van der Waals surface area (Å²) in [5.74, 6) is -0.267. The Hall–Kier alpha value is -1.62. The van der Waals surface area contributed by atoms with Crippen LogP contribution in [0.15, 0.2) is 18.2 Å². The van der Waals surface area contributed by atoms with E-state index in [2.05, 4.69) is 10.5 Å². The average molecular weight is 204 g/mol. The van der Waals surface area contributed by atoms with Gasteiger partial charge in [0.25, 0.3) is 11.8 Å². The Labute approximate surface area is 84.0 Å².